The summed E-state index contributed by atoms with van der Waals surface area (Å²) >= 11 is 0. The summed E-state index contributed by atoms with van der Waals surface area (Å²) in [4.78, 5) is 37.5. The van der Waals surface area contributed by atoms with E-state index < -0.39 is 4.92 Å². The zero-order valence-corrected chi connectivity index (χ0v) is 21.7. The van der Waals surface area contributed by atoms with Gasteiger partial charge in [0.2, 0.25) is 5.91 Å². The molecule has 40 heavy (non-hydrogen) atoms. The van der Waals surface area contributed by atoms with Crippen LogP contribution in [0.5, 0.6) is 0 Å². The first-order valence-corrected chi connectivity index (χ1v) is 13.0. The highest BCUT2D eigenvalue weighted by Crippen LogP contribution is 2.29. The Balaban J connectivity index is 1.10. The number of rotatable bonds is 6. The summed E-state index contributed by atoms with van der Waals surface area (Å²) in [6, 6.07) is 24.9. The van der Waals surface area contributed by atoms with Crippen molar-refractivity contribution in [2.75, 3.05) is 18.4 Å². The van der Waals surface area contributed by atoms with Crippen LogP contribution < -0.4 is 5.32 Å². The van der Waals surface area contributed by atoms with Crippen molar-refractivity contribution in [1.82, 2.24) is 14.7 Å². The largest absolute Gasteiger partial charge is 0.339 e. The van der Waals surface area contributed by atoms with Gasteiger partial charge in [0, 0.05) is 35.5 Å². The van der Waals surface area contributed by atoms with Gasteiger partial charge in [0.1, 0.15) is 18.9 Å². The first kappa shape index (κ1) is 26.4. The highest BCUT2D eigenvalue weighted by atomic mass is 16.6. The van der Waals surface area contributed by atoms with Crippen molar-refractivity contribution in [3.8, 4) is 11.8 Å². The van der Waals surface area contributed by atoms with Gasteiger partial charge in [-0.1, -0.05) is 42.2 Å². The average molecular weight is 534 g/mol. The summed E-state index contributed by atoms with van der Waals surface area (Å²) in [5.41, 5.74) is 4.12. The molecule has 9 nitrogen and oxygen atoms in total. The third-order valence-electron chi connectivity index (χ3n) is 6.84. The molecule has 0 radical (unpaired) electrons. The molecular formula is C31H27N5O4. The normalized spacial score (nSPS) is 13.2. The Morgan fingerprint density at radius 3 is 2.20 bits per heavy atom. The summed E-state index contributed by atoms with van der Waals surface area (Å²) in [6.07, 6.45) is 4.04. The van der Waals surface area contributed by atoms with Gasteiger partial charge in [-0.2, -0.15) is 5.10 Å². The number of aromatic nitrogens is 2. The highest BCUT2D eigenvalue weighted by molar-refractivity contribution is 5.94. The van der Waals surface area contributed by atoms with Crippen LogP contribution in [0.2, 0.25) is 0 Å². The number of nitrogens with one attached hydrogen (secondary N) is 1. The number of nitrogens with zero attached hydrogens (tertiary/aromatic N) is 4. The molecule has 4 aromatic rings. The second kappa shape index (κ2) is 12.1. The van der Waals surface area contributed by atoms with Crippen molar-refractivity contribution in [2.45, 2.75) is 25.3 Å². The quantitative estimate of drug-likeness (QED) is 0.216. The molecule has 1 aliphatic rings. The van der Waals surface area contributed by atoms with Gasteiger partial charge in [-0.25, -0.2) is 0 Å². The maximum Gasteiger partial charge on any atom is 0.307 e. The van der Waals surface area contributed by atoms with Gasteiger partial charge in [0.05, 0.1) is 4.92 Å². The van der Waals surface area contributed by atoms with Crippen molar-refractivity contribution in [3.05, 3.63) is 124 Å². The molecule has 1 aliphatic heterocycles. The number of nitro groups is 1. The van der Waals surface area contributed by atoms with Crippen molar-refractivity contribution in [2.24, 2.45) is 0 Å². The molecule has 200 valence electrons. The molecule has 9 heteroatoms. The van der Waals surface area contributed by atoms with Gasteiger partial charge >= 0.3 is 5.69 Å². The number of piperidine rings is 1. The molecule has 1 fully saturated rings. The Morgan fingerprint density at radius 2 is 1.57 bits per heavy atom. The second-order valence-corrected chi connectivity index (χ2v) is 9.58. The van der Waals surface area contributed by atoms with Crippen LogP contribution >= 0.6 is 0 Å². The summed E-state index contributed by atoms with van der Waals surface area (Å²) < 4.78 is 1.23. The number of anilines is 1. The maximum atomic E-state index is 13.1. The van der Waals surface area contributed by atoms with Crippen molar-refractivity contribution in [3.63, 3.8) is 0 Å². The number of carbonyl (C=O) groups excluding carboxylic acids is 2. The molecule has 0 aliphatic carbocycles. The molecule has 0 atom stereocenters. The molecule has 1 aromatic heterocycles. The first-order chi connectivity index (χ1) is 19.4. The fraction of sp³-hybridized carbons (Fsp3) is 0.194. The third-order valence-corrected chi connectivity index (χ3v) is 6.84. The van der Waals surface area contributed by atoms with Crippen molar-refractivity contribution >= 4 is 23.2 Å². The molecule has 0 unspecified atom stereocenters. The van der Waals surface area contributed by atoms with E-state index in [-0.39, 0.29) is 24.0 Å². The minimum absolute atomic E-state index is 0.0293. The van der Waals surface area contributed by atoms with Crippen LogP contribution in [-0.4, -0.2) is 44.5 Å². The lowest BCUT2D eigenvalue weighted by atomic mass is 9.89. The van der Waals surface area contributed by atoms with Crippen molar-refractivity contribution < 1.29 is 14.5 Å². The Bertz CT molecular complexity index is 1560. The van der Waals surface area contributed by atoms with Crippen LogP contribution in [0.3, 0.4) is 0 Å². The van der Waals surface area contributed by atoms with Crippen LogP contribution in [0.4, 0.5) is 11.4 Å². The fourth-order valence-corrected chi connectivity index (χ4v) is 4.68. The minimum atomic E-state index is -0.554. The van der Waals surface area contributed by atoms with E-state index in [1.54, 1.807) is 0 Å². The topological polar surface area (TPSA) is 110 Å². The Morgan fingerprint density at radius 1 is 0.925 bits per heavy atom. The number of hydrogen-bond acceptors (Lipinski definition) is 5. The second-order valence-electron chi connectivity index (χ2n) is 9.58. The van der Waals surface area contributed by atoms with Crippen molar-refractivity contribution in [1.29, 1.82) is 0 Å². The van der Waals surface area contributed by atoms with Crippen LogP contribution in [0, 0.1) is 22.0 Å². The Labute approximate surface area is 231 Å². The minimum Gasteiger partial charge on any atom is -0.339 e. The number of benzene rings is 3. The van der Waals surface area contributed by atoms with Gasteiger partial charge in [-0.15, -0.1) is 0 Å². The smallest absolute Gasteiger partial charge is 0.307 e. The lowest BCUT2D eigenvalue weighted by molar-refractivity contribution is -0.385. The SMILES string of the molecule is O=C(Cn1cc([N+](=O)[O-])cn1)Nc1ccc(C2CCN(C(=O)c3ccc(C#Cc4ccccc4)cc3)CC2)cc1. The number of carbonyl (C=O) groups is 2. The Hall–Kier alpha value is -5.23. The van der Waals surface area contributed by atoms with E-state index in [0.29, 0.717) is 30.3 Å². The van der Waals surface area contributed by atoms with E-state index in [2.05, 4.69) is 22.3 Å². The first-order valence-electron chi connectivity index (χ1n) is 13.0. The van der Waals surface area contributed by atoms with E-state index >= 15 is 0 Å². The zero-order valence-electron chi connectivity index (χ0n) is 21.7. The van der Waals surface area contributed by atoms with E-state index in [0.717, 1.165) is 35.7 Å². The standard InChI is InChI=1S/C31H27N5O4/c37-30(22-35-21-29(20-32-35)36(39)40)33-28-14-12-25(13-15-28)26-16-18-34(19-17-26)31(38)27-10-8-24(9-11-27)7-6-23-4-2-1-3-5-23/h1-5,8-15,20-21,26H,16-19,22H2,(H,33,37). The van der Waals surface area contributed by atoms with E-state index in [4.69, 9.17) is 0 Å². The lowest BCUT2D eigenvalue weighted by Crippen LogP contribution is -2.37. The molecule has 1 N–H and O–H groups in total. The highest BCUT2D eigenvalue weighted by Gasteiger charge is 2.24. The molecular weight excluding hydrogens is 506 g/mol. The van der Waals surface area contributed by atoms with Gasteiger partial charge in [-0.05, 0) is 72.9 Å². The lowest BCUT2D eigenvalue weighted by Gasteiger charge is -2.32. The molecule has 5 rings (SSSR count). The third kappa shape index (κ3) is 6.60. The van der Waals surface area contributed by atoms with Crippen LogP contribution in [-0.2, 0) is 11.3 Å². The van der Waals surface area contributed by atoms with Gasteiger partial charge in [-0.3, -0.25) is 24.4 Å². The molecule has 3 aromatic carbocycles. The molecule has 0 saturated carbocycles. The van der Waals surface area contributed by atoms with Crippen LogP contribution in [0.25, 0.3) is 0 Å². The number of hydrogen-bond donors (Lipinski definition) is 1. The maximum absolute atomic E-state index is 13.1. The van der Waals surface area contributed by atoms with Gasteiger partial charge < -0.3 is 10.2 Å². The monoisotopic (exact) mass is 533 g/mol. The molecule has 1 saturated heterocycles. The Kier molecular flexibility index (Phi) is 7.97. The molecule has 0 bridgehead atoms. The summed E-state index contributed by atoms with van der Waals surface area (Å²) in [7, 11) is 0. The summed E-state index contributed by atoms with van der Waals surface area (Å²) in [5.74, 6) is 6.30. The van der Waals surface area contributed by atoms with E-state index in [9.17, 15) is 19.7 Å². The van der Waals surface area contributed by atoms with Gasteiger partial charge in [0.15, 0.2) is 0 Å². The number of likely N-dealkylation sites (tertiary alicyclic amines) is 1. The fourth-order valence-electron chi connectivity index (χ4n) is 4.68. The van der Waals surface area contributed by atoms with E-state index in [1.807, 2.05) is 83.8 Å². The predicted molar refractivity (Wildman–Crippen MR) is 151 cm³/mol. The molecule has 0 spiro atoms. The molecule has 2 amide bonds. The molecule has 2 heterocycles. The summed E-state index contributed by atoms with van der Waals surface area (Å²) in [5, 5.41) is 17.4. The van der Waals surface area contributed by atoms with Gasteiger partial charge in [0.25, 0.3) is 5.91 Å². The van der Waals surface area contributed by atoms with Crippen LogP contribution in [0.15, 0.2) is 91.3 Å². The summed E-state index contributed by atoms with van der Waals surface area (Å²) in [6.45, 7) is 1.23. The number of amides is 2. The van der Waals surface area contributed by atoms with Crippen LogP contribution in [0.1, 0.15) is 45.8 Å². The van der Waals surface area contributed by atoms with E-state index in [1.165, 1.54) is 10.9 Å². The predicted octanol–water partition coefficient (Wildman–Crippen LogP) is 4.85. The average Bonchev–Trinajstić information content (AvgIpc) is 3.46. The zero-order chi connectivity index (χ0) is 27.9.